The molecule has 0 radical (unpaired) electrons. The number of hydrogen-bond donors (Lipinski definition) is 0. The average Bonchev–Trinajstić information content (AvgIpc) is 3.01. The third kappa shape index (κ3) is 2.21. The van der Waals surface area contributed by atoms with Gasteiger partial charge in [0.05, 0.1) is 4.92 Å². The van der Waals surface area contributed by atoms with Gasteiger partial charge in [-0.25, -0.2) is 0 Å². The van der Waals surface area contributed by atoms with E-state index >= 15 is 0 Å². The summed E-state index contributed by atoms with van der Waals surface area (Å²) in [5.41, 5.74) is 0.575. The van der Waals surface area contributed by atoms with Gasteiger partial charge < -0.3 is 0 Å². The zero-order valence-corrected chi connectivity index (χ0v) is 8.18. The van der Waals surface area contributed by atoms with Gasteiger partial charge in [0.25, 0.3) is 5.69 Å². The van der Waals surface area contributed by atoms with E-state index in [4.69, 9.17) is 0 Å². The quantitative estimate of drug-likeness (QED) is 0.558. The maximum Gasteiger partial charge on any atom is 0.273 e. The van der Waals surface area contributed by atoms with Crippen LogP contribution in [0.3, 0.4) is 0 Å². The van der Waals surface area contributed by atoms with Crippen LogP contribution in [0, 0.1) is 16.0 Å². The summed E-state index contributed by atoms with van der Waals surface area (Å²) >= 11 is 0. The highest BCUT2D eigenvalue weighted by molar-refractivity contribution is 5.86. The van der Waals surface area contributed by atoms with Crippen molar-refractivity contribution in [2.24, 2.45) is 5.92 Å². The molecule has 0 bridgehead atoms. The van der Waals surface area contributed by atoms with Crippen molar-refractivity contribution in [2.45, 2.75) is 19.3 Å². The average molecular weight is 205 g/mol. The highest BCUT2D eigenvalue weighted by Gasteiger charge is 2.30. The molecule has 0 N–H and O–H groups in total. The summed E-state index contributed by atoms with van der Waals surface area (Å²) < 4.78 is 0. The van der Waals surface area contributed by atoms with Gasteiger partial charge in [0.2, 0.25) is 0 Å². The molecule has 4 nitrogen and oxygen atoms in total. The van der Waals surface area contributed by atoms with Gasteiger partial charge in [-0.05, 0) is 12.8 Å². The molecule has 1 aliphatic carbocycles. The zero-order chi connectivity index (χ0) is 10.8. The van der Waals surface area contributed by atoms with E-state index in [1.165, 1.54) is 6.07 Å². The number of carbonyl (C=O) groups excluding carboxylic acids is 1. The van der Waals surface area contributed by atoms with E-state index in [-0.39, 0.29) is 23.8 Å². The lowest BCUT2D eigenvalue weighted by molar-refractivity contribution is -0.385. The Bertz CT molecular complexity index is 410. The molecule has 4 heteroatoms. The molecule has 0 spiro atoms. The van der Waals surface area contributed by atoms with E-state index in [2.05, 4.69) is 0 Å². The van der Waals surface area contributed by atoms with Crippen LogP contribution < -0.4 is 0 Å². The number of nitrogens with zero attached hydrogens (tertiary/aromatic N) is 1. The van der Waals surface area contributed by atoms with Gasteiger partial charge in [-0.15, -0.1) is 0 Å². The topological polar surface area (TPSA) is 60.2 Å². The van der Waals surface area contributed by atoms with E-state index in [9.17, 15) is 14.9 Å². The third-order valence-electron chi connectivity index (χ3n) is 2.59. The Balaban J connectivity index is 2.19. The van der Waals surface area contributed by atoms with E-state index in [1.807, 2.05) is 0 Å². The molecule has 1 aromatic carbocycles. The molecule has 78 valence electrons. The smallest absolute Gasteiger partial charge is 0.273 e. The lowest BCUT2D eigenvalue weighted by Gasteiger charge is -2.00. The van der Waals surface area contributed by atoms with Crippen molar-refractivity contribution in [1.82, 2.24) is 0 Å². The number of nitro benzene ring substituents is 1. The Morgan fingerprint density at radius 1 is 1.40 bits per heavy atom. The van der Waals surface area contributed by atoms with Crippen molar-refractivity contribution in [1.29, 1.82) is 0 Å². The molecule has 15 heavy (non-hydrogen) atoms. The minimum atomic E-state index is -0.435. The molecule has 0 unspecified atom stereocenters. The minimum absolute atomic E-state index is 0.0477. The van der Waals surface area contributed by atoms with Gasteiger partial charge in [-0.1, -0.05) is 18.2 Å². The summed E-state index contributed by atoms with van der Waals surface area (Å²) in [6, 6.07) is 6.43. The highest BCUT2D eigenvalue weighted by atomic mass is 16.6. The first kappa shape index (κ1) is 9.83. The van der Waals surface area contributed by atoms with Gasteiger partial charge in [0.1, 0.15) is 5.78 Å². The molecule has 1 fully saturated rings. The summed E-state index contributed by atoms with van der Waals surface area (Å²) in [4.78, 5) is 21.8. The number of ketones is 1. The summed E-state index contributed by atoms with van der Waals surface area (Å²) in [6.07, 6.45) is 2.08. The van der Waals surface area contributed by atoms with Gasteiger partial charge >= 0.3 is 0 Å². The third-order valence-corrected chi connectivity index (χ3v) is 2.59. The first-order chi connectivity index (χ1) is 7.18. The monoisotopic (exact) mass is 205 g/mol. The van der Waals surface area contributed by atoms with Gasteiger partial charge in [0, 0.05) is 24.0 Å². The summed E-state index contributed by atoms with van der Waals surface area (Å²) in [7, 11) is 0. The van der Waals surface area contributed by atoms with Crippen LogP contribution in [-0.4, -0.2) is 10.7 Å². The Kier molecular flexibility index (Phi) is 2.49. The molecule has 0 saturated heterocycles. The van der Waals surface area contributed by atoms with Crippen molar-refractivity contribution >= 4 is 11.5 Å². The van der Waals surface area contributed by atoms with Gasteiger partial charge in [-0.3, -0.25) is 14.9 Å². The van der Waals surface area contributed by atoms with Gasteiger partial charge in [0.15, 0.2) is 0 Å². The maximum absolute atomic E-state index is 11.5. The van der Waals surface area contributed by atoms with Crippen molar-refractivity contribution in [3.05, 3.63) is 39.9 Å². The fourth-order valence-electron chi connectivity index (χ4n) is 1.58. The standard InChI is InChI=1S/C11H11NO3/c13-11(8-5-6-8)7-9-3-1-2-4-10(9)12(14)15/h1-4,8H,5-7H2. The van der Waals surface area contributed by atoms with Crippen LogP contribution in [0.4, 0.5) is 5.69 Å². The van der Waals surface area contributed by atoms with Crippen molar-refractivity contribution in [3.63, 3.8) is 0 Å². The number of nitro groups is 1. The van der Waals surface area contributed by atoms with E-state index < -0.39 is 4.92 Å². The van der Waals surface area contributed by atoms with Crippen molar-refractivity contribution < 1.29 is 9.72 Å². The van der Waals surface area contributed by atoms with E-state index in [0.29, 0.717) is 5.56 Å². The zero-order valence-electron chi connectivity index (χ0n) is 8.18. The summed E-state index contributed by atoms with van der Waals surface area (Å²) in [5.74, 6) is 0.286. The molecule has 2 rings (SSSR count). The van der Waals surface area contributed by atoms with Crippen molar-refractivity contribution in [2.75, 3.05) is 0 Å². The van der Waals surface area contributed by atoms with Crippen LogP contribution in [0.25, 0.3) is 0 Å². The second kappa shape index (κ2) is 3.81. The van der Waals surface area contributed by atoms with Crippen LogP contribution in [0.2, 0.25) is 0 Å². The largest absolute Gasteiger partial charge is 0.299 e. The van der Waals surface area contributed by atoms with Gasteiger partial charge in [-0.2, -0.15) is 0 Å². The molecule has 0 aliphatic heterocycles. The molecular formula is C11H11NO3. The minimum Gasteiger partial charge on any atom is -0.299 e. The first-order valence-corrected chi connectivity index (χ1v) is 4.93. The summed E-state index contributed by atoms with van der Waals surface area (Å²) in [5, 5.41) is 10.7. The van der Waals surface area contributed by atoms with E-state index in [0.717, 1.165) is 12.8 Å². The fraction of sp³-hybridized carbons (Fsp3) is 0.364. The van der Waals surface area contributed by atoms with Crippen LogP contribution in [0.1, 0.15) is 18.4 Å². The Morgan fingerprint density at radius 2 is 2.07 bits per heavy atom. The second-order valence-electron chi connectivity index (χ2n) is 3.80. The number of rotatable bonds is 4. The second-order valence-corrected chi connectivity index (χ2v) is 3.80. The molecule has 0 heterocycles. The number of hydrogen-bond acceptors (Lipinski definition) is 3. The number of para-hydroxylation sites is 1. The van der Waals surface area contributed by atoms with E-state index in [1.54, 1.807) is 18.2 Å². The first-order valence-electron chi connectivity index (χ1n) is 4.93. The number of carbonyl (C=O) groups is 1. The SMILES string of the molecule is O=C(Cc1ccccc1[N+](=O)[O-])C1CC1. The predicted molar refractivity (Wildman–Crippen MR) is 54.5 cm³/mol. The molecule has 0 atom stereocenters. The van der Waals surface area contributed by atoms with Crippen LogP contribution >= 0.6 is 0 Å². The number of benzene rings is 1. The lowest BCUT2D eigenvalue weighted by Crippen LogP contribution is -2.06. The lowest BCUT2D eigenvalue weighted by atomic mass is 10.0. The normalized spacial score (nSPS) is 14.9. The highest BCUT2D eigenvalue weighted by Crippen LogP contribution is 2.32. The molecule has 0 amide bonds. The fourth-order valence-corrected chi connectivity index (χ4v) is 1.58. The Labute approximate surface area is 87.1 Å². The maximum atomic E-state index is 11.5. The van der Waals surface area contributed by atoms with Crippen LogP contribution in [0.5, 0.6) is 0 Å². The van der Waals surface area contributed by atoms with Crippen molar-refractivity contribution in [3.8, 4) is 0 Å². The Hall–Kier alpha value is -1.71. The van der Waals surface area contributed by atoms with Crippen LogP contribution in [-0.2, 0) is 11.2 Å². The Morgan fingerprint density at radius 3 is 2.67 bits per heavy atom. The number of Topliss-reactive ketones (excluding diaryl/α,β-unsaturated/α-hetero) is 1. The predicted octanol–water partition coefficient (Wildman–Crippen LogP) is 2.12. The molecule has 1 aromatic rings. The molecular weight excluding hydrogens is 194 g/mol. The van der Waals surface area contributed by atoms with Crippen LogP contribution in [0.15, 0.2) is 24.3 Å². The summed E-state index contributed by atoms with van der Waals surface area (Å²) in [6.45, 7) is 0. The molecule has 1 saturated carbocycles. The molecule has 0 aromatic heterocycles. The molecule has 1 aliphatic rings.